The van der Waals surface area contributed by atoms with E-state index in [2.05, 4.69) is 25.6 Å². The van der Waals surface area contributed by atoms with Gasteiger partial charge in [0.25, 0.3) is 5.91 Å². The number of pyridine rings is 2. The second-order valence-corrected chi connectivity index (χ2v) is 7.94. The largest absolute Gasteiger partial charge is 0.358 e. The highest BCUT2D eigenvalue weighted by Crippen LogP contribution is 2.35. The number of carbonyl (C=O) groups excluding carboxylic acids is 1. The van der Waals surface area contributed by atoms with Gasteiger partial charge in [-0.05, 0) is 67.6 Å². The van der Waals surface area contributed by atoms with Crippen LogP contribution in [0.5, 0.6) is 0 Å². The number of benzene rings is 2. The van der Waals surface area contributed by atoms with Gasteiger partial charge in [0, 0.05) is 45.8 Å². The highest BCUT2D eigenvalue weighted by molar-refractivity contribution is 6.05. The fraction of sp³-hybridized carbons (Fsp3) is 0.0741. The number of rotatable bonds is 6. The number of nitrogens with zero attached hydrogens (tertiary/aromatic N) is 2. The van der Waals surface area contributed by atoms with Crippen molar-refractivity contribution in [2.45, 2.75) is 13.0 Å². The molecule has 0 saturated heterocycles. The Kier molecular flexibility index (Phi) is 5.74. The zero-order valence-corrected chi connectivity index (χ0v) is 18.4. The van der Waals surface area contributed by atoms with E-state index in [9.17, 15) is 9.18 Å². The molecule has 1 atom stereocenters. The Morgan fingerprint density at radius 1 is 0.941 bits per heavy atom. The van der Waals surface area contributed by atoms with E-state index < -0.39 is 5.82 Å². The lowest BCUT2D eigenvalue weighted by atomic mass is 9.99. The number of aromatic amines is 1. The molecule has 3 aromatic heterocycles. The Hall–Kier alpha value is -4.52. The zero-order valence-electron chi connectivity index (χ0n) is 18.4. The molecule has 3 heterocycles. The number of fused-ring (bicyclic) bond motifs is 1. The van der Waals surface area contributed by atoms with Crippen LogP contribution in [0.3, 0.4) is 0 Å². The summed E-state index contributed by atoms with van der Waals surface area (Å²) in [5.41, 5.74) is 4.61. The predicted molar refractivity (Wildman–Crippen MR) is 131 cm³/mol. The SMILES string of the molecule is Cc1[nH]c2ccc(NC(=O)c3cccc(F)c3)cc2c1[C@@H](Nc1ccccn1)c1ccccn1. The summed E-state index contributed by atoms with van der Waals surface area (Å²) in [6.45, 7) is 2.01. The quantitative estimate of drug-likeness (QED) is 0.302. The standard InChI is InChI=1S/C27H22FN5O/c1-17-25(26(23-9-2-4-13-29-23)33-24-10-3-5-14-30-24)21-16-20(11-12-22(21)31-17)32-27(34)18-7-6-8-19(28)15-18/h2-16,26,31H,1H3,(H,30,33)(H,32,34)/t26-/m0/s1. The molecule has 168 valence electrons. The molecule has 0 bridgehead atoms. The molecule has 0 aliphatic carbocycles. The molecule has 0 unspecified atom stereocenters. The molecule has 0 aliphatic heterocycles. The number of H-pyrrole nitrogens is 1. The van der Waals surface area contributed by atoms with Gasteiger partial charge in [-0.1, -0.05) is 18.2 Å². The third-order valence-corrected chi connectivity index (χ3v) is 5.61. The normalized spacial score (nSPS) is 11.8. The molecule has 0 saturated carbocycles. The van der Waals surface area contributed by atoms with E-state index in [1.165, 1.54) is 18.2 Å². The van der Waals surface area contributed by atoms with Gasteiger partial charge in [-0.2, -0.15) is 0 Å². The van der Waals surface area contributed by atoms with Crippen molar-refractivity contribution in [3.63, 3.8) is 0 Å². The van der Waals surface area contributed by atoms with Crippen molar-refractivity contribution in [2.24, 2.45) is 0 Å². The first-order valence-electron chi connectivity index (χ1n) is 10.9. The Morgan fingerprint density at radius 3 is 2.50 bits per heavy atom. The summed E-state index contributed by atoms with van der Waals surface area (Å²) in [7, 11) is 0. The molecule has 0 fully saturated rings. The van der Waals surface area contributed by atoms with Crippen LogP contribution in [0.1, 0.15) is 33.4 Å². The van der Waals surface area contributed by atoms with Gasteiger partial charge in [0.2, 0.25) is 0 Å². The van der Waals surface area contributed by atoms with Crippen molar-refractivity contribution >= 4 is 28.3 Å². The number of anilines is 2. The molecule has 34 heavy (non-hydrogen) atoms. The fourth-order valence-corrected chi connectivity index (χ4v) is 4.07. The van der Waals surface area contributed by atoms with E-state index in [0.717, 1.165) is 33.7 Å². The number of hydrogen-bond donors (Lipinski definition) is 3. The zero-order chi connectivity index (χ0) is 23.5. The summed E-state index contributed by atoms with van der Waals surface area (Å²) in [6.07, 6.45) is 3.50. The van der Waals surface area contributed by atoms with E-state index in [1.54, 1.807) is 18.5 Å². The van der Waals surface area contributed by atoms with E-state index in [1.807, 2.05) is 61.5 Å². The molecule has 5 aromatic rings. The predicted octanol–water partition coefficient (Wildman–Crippen LogP) is 5.86. The lowest BCUT2D eigenvalue weighted by Crippen LogP contribution is -2.15. The van der Waals surface area contributed by atoms with Gasteiger partial charge in [-0.3, -0.25) is 9.78 Å². The van der Waals surface area contributed by atoms with Gasteiger partial charge < -0.3 is 15.6 Å². The maximum Gasteiger partial charge on any atom is 0.255 e. The summed E-state index contributed by atoms with van der Waals surface area (Å²) in [6, 6.07) is 22.5. The minimum Gasteiger partial charge on any atom is -0.358 e. The maximum atomic E-state index is 13.6. The molecule has 0 radical (unpaired) electrons. The number of nitrogens with one attached hydrogen (secondary N) is 3. The van der Waals surface area contributed by atoms with Gasteiger partial charge in [-0.15, -0.1) is 0 Å². The molecule has 2 aromatic carbocycles. The topological polar surface area (TPSA) is 82.7 Å². The van der Waals surface area contributed by atoms with Crippen molar-refractivity contribution < 1.29 is 9.18 Å². The first kappa shape index (κ1) is 21.3. The van der Waals surface area contributed by atoms with Crippen molar-refractivity contribution in [2.75, 3.05) is 10.6 Å². The lowest BCUT2D eigenvalue weighted by molar-refractivity contribution is 0.102. The Balaban J connectivity index is 1.55. The molecule has 6 nitrogen and oxygen atoms in total. The van der Waals surface area contributed by atoms with Crippen LogP contribution in [-0.4, -0.2) is 20.9 Å². The molecule has 0 spiro atoms. The smallest absolute Gasteiger partial charge is 0.255 e. The third kappa shape index (κ3) is 4.36. The van der Waals surface area contributed by atoms with Crippen LogP contribution in [-0.2, 0) is 0 Å². The van der Waals surface area contributed by atoms with Crippen molar-refractivity contribution in [1.82, 2.24) is 15.0 Å². The number of carbonyl (C=O) groups is 1. The summed E-state index contributed by atoms with van der Waals surface area (Å²) in [4.78, 5) is 25.1. The number of aryl methyl sites for hydroxylation is 1. The third-order valence-electron chi connectivity index (χ3n) is 5.61. The molecule has 3 N–H and O–H groups in total. The van der Waals surface area contributed by atoms with Crippen LogP contribution >= 0.6 is 0 Å². The van der Waals surface area contributed by atoms with Crippen LogP contribution in [0.15, 0.2) is 91.3 Å². The minimum atomic E-state index is -0.453. The van der Waals surface area contributed by atoms with Crippen molar-refractivity contribution in [3.8, 4) is 0 Å². The Morgan fingerprint density at radius 2 is 1.76 bits per heavy atom. The van der Waals surface area contributed by atoms with Gasteiger partial charge in [0.05, 0.1) is 11.7 Å². The van der Waals surface area contributed by atoms with Crippen molar-refractivity contribution in [3.05, 3.63) is 120 Å². The Bertz CT molecular complexity index is 1450. The monoisotopic (exact) mass is 451 g/mol. The van der Waals surface area contributed by atoms with Gasteiger partial charge in [-0.25, -0.2) is 9.37 Å². The minimum absolute atomic E-state index is 0.258. The summed E-state index contributed by atoms with van der Waals surface area (Å²) in [5, 5.41) is 7.31. The summed E-state index contributed by atoms with van der Waals surface area (Å²) < 4.78 is 13.6. The summed E-state index contributed by atoms with van der Waals surface area (Å²) >= 11 is 0. The fourth-order valence-electron chi connectivity index (χ4n) is 4.07. The first-order valence-corrected chi connectivity index (χ1v) is 10.9. The van der Waals surface area contributed by atoms with E-state index in [-0.39, 0.29) is 17.5 Å². The lowest BCUT2D eigenvalue weighted by Gasteiger charge is -2.20. The molecule has 1 amide bonds. The molecule has 5 rings (SSSR count). The number of aromatic nitrogens is 3. The molecular formula is C27H22FN5O. The summed E-state index contributed by atoms with van der Waals surface area (Å²) in [5.74, 6) is -0.103. The maximum absolute atomic E-state index is 13.6. The second-order valence-electron chi connectivity index (χ2n) is 7.94. The molecule has 7 heteroatoms. The van der Waals surface area contributed by atoms with Crippen LogP contribution in [0.4, 0.5) is 15.9 Å². The van der Waals surface area contributed by atoms with E-state index in [0.29, 0.717) is 5.69 Å². The van der Waals surface area contributed by atoms with E-state index in [4.69, 9.17) is 0 Å². The van der Waals surface area contributed by atoms with Crippen LogP contribution < -0.4 is 10.6 Å². The highest BCUT2D eigenvalue weighted by atomic mass is 19.1. The number of hydrogen-bond acceptors (Lipinski definition) is 4. The second kappa shape index (κ2) is 9.15. The van der Waals surface area contributed by atoms with Gasteiger partial charge in [0.15, 0.2) is 0 Å². The van der Waals surface area contributed by atoms with Crippen molar-refractivity contribution in [1.29, 1.82) is 0 Å². The Labute approximate surface area is 195 Å². The number of halogens is 1. The van der Waals surface area contributed by atoms with E-state index >= 15 is 0 Å². The first-order chi connectivity index (χ1) is 16.6. The average molecular weight is 452 g/mol. The van der Waals surface area contributed by atoms with Crippen LogP contribution in [0.2, 0.25) is 0 Å². The van der Waals surface area contributed by atoms with Crippen LogP contribution in [0.25, 0.3) is 10.9 Å². The highest BCUT2D eigenvalue weighted by Gasteiger charge is 2.23. The van der Waals surface area contributed by atoms with Crippen LogP contribution in [0, 0.1) is 12.7 Å². The van der Waals surface area contributed by atoms with Gasteiger partial charge >= 0.3 is 0 Å². The molecular weight excluding hydrogens is 429 g/mol. The van der Waals surface area contributed by atoms with Gasteiger partial charge in [0.1, 0.15) is 11.6 Å². The number of amides is 1. The molecule has 0 aliphatic rings. The average Bonchev–Trinajstić information content (AvgIpc) is 3.18.